The number of hydrogen-bond donors (Lipinski definition) is 1. The summed E-state index contributed by atoms with van der Waals surface area (Å²) in [5.41, 5.74) is 4.00. The Hall–Kier alpha value is -4.26. The van der Waals surface area contributed by atoms with Crippen molar-refractivity contribution >= 4 is 28.8 Å². The monoisotopic (exact) mass is 458 g/mol. The van der Waals surface area contributed by atoms with Gasteiger partial charge in [-0.1, -0.05) is 24.3 Å². The molecule has 2 amide bonds. The molecule has 7 heteroatoms. The first-order chi connectivity index (χ1) is 16.4. The lowest BCUT2D eigenvalue weighted by Gasteiger charge is -2.18. The predicted octanol–water partition coefficient (Wildman–Crippen LogP) is 4.73. The molecule has 0 fully saturated rings. The number of hydrogen-bond acceptors (Lipinski definition) is 6. The Balaban J connectivity index is 1.83. The SMILES string of the molecule is COc1ccc(C2=C(Nc3ccc(OC)c(OC)c3)C(=O)N(c3cc(C)ccc3C)C2=O)cc1. The van der Waals surface area contributed by atoms with Crippen LogP contribution < -0.4 is 24.4 Å². The summed E-state index contributed by atoms with van der Waals surface area (Å²) in [7, 11) is 4.66. The lowest BCUT2D eigenvalue weighted by molar-refractivity contribution is -0.120. The lowest BCUT2D eigenvalue weighted by atomic mass is 10.0. The number of carbonyl (C=O) groups excluding carboxylic acids is 2. The summed E-state index contributed by atoms with van der Waals surface area (Å²) in [6.45, 7) is 3.80. The van der Waals surface area contributed by atoms with Crippen LogP contribution in [0.1, 0.15) is 16.7 Å². The maximum Gasteiger partial charge on any atom is 0.282 e. The van der Waals surface area contributed by atoms with E-state index in [-0.39, 0.29) is 11.3 Å². The van der Waals surface area contributed by atoms with Crippen molar-refractivity contribution in [2.45, 2.75) is 13.8 Å². The van der Waals surface area contributed by atoms with Gasteiger partial charge in [-0.2, -0.15) is 0 Å². The molecule has 34 heavy (non-hydrogen) atoms. The average Bonchev–Trinajstić information content (AvgIpc) is 3.09. The van der Waals surface area contributed by atoms with E-state index in [1.807, 2.05) is 32.0 Å². The van der Waals surface area contributed by atoms with Gasteiger partial charge in [-0.15, -0.1) is 0 Å². The maximum absolute atomic E-state index is 13.7. The van der Waals surface area contributed by atoms with Crippen LogP contribution in [0.15, 0.2) is 66.4 Å². The van der Waals surface area contributed by atoms with Crippen molar-refractivity contribution in [3.05, 3.63) is 83.1 Å². The average molecular weight is 459 g/mol. The van der Waals surface area contributed by atoms with Gasteiger partial charge in [0.15, 0.2) is 11.5 Å². The van der Waals surface area contributed by atoms with Crippen molar-refractivity contribution in [1.82, 2.24) is 0 Å². The Labute approximate surface area is 198 Å². The maximum atomic E-state index is 13.7. The van der Waals surface area contributed by atoms with Gasteiger partial charge in [0, 0.05) is 11.8 Å². The van der Waals surface area contributed by atoms with Gasteiger partial charge in [-0.25, -0.2) is 4.90 Å². The van der Waals surface area contributed by atoms with Crippen LogP contribution in [0, 0.1) is 13.8 Å². The largest absolute Gasteiger partial charge is 0.497 e. The van der Waals surface area contributed by atoms with E-state index in [0.717, 1.165) is 11.1 Å². The van der Waals surface area contributed by atoms with E-state index in [1.54, 1.807) is 56.7 Å². The number of amides is 2. The fraction of sp³-hybridized carbons (Fsp3) is 0.185. The van der Waals surface area contributed by atoms with Gasteiger partial charge in [-0.05, 0) is 60.9 Å². The first-order valence-electron chi connectivity index (χ1n) is 10.7. The summed E-state index contributed by atoms with van der Waals surface area (Å²) in [5.74, 6) is 0.888. The molecule has 1 aliphatic heterocycles. The third-order valence-electron chi connectivity index (χ3n) is 5.72. The minimum Gasteiger partial charge on any atom is -0.497 e. The zero-order valence-corrected chi connectivity index (χ0v) is 19.8. The number of imide groups is 1. The Morgan fingerprint density at radius 2 is 1.44 bits per heavy atom. The molecule has 0 saturated carbocycles. The molecule has 0 aromatic heterocycles. The van der Waals surface area contributed by atoms with Gasteiger partial charge in [0.05, 0.1) is 32.6 Å². The number of carbonyl (C=O) groups is 2. The summed E-state index contributed by atoms with van der Waals surface area (Å²) in [4.78, 5) is 28.6. The van der Waals surface area contributed by atoms with Crippen molar-refractivity contribution in [3.8, 4) is 17.2 Å². The summed E-state index contributed by atoms with van der Waals surface area (Å²) >= 11 is 0. The van der Waals surface area contributed by atoms with Crippen molar-refractivity contribution in [2.24, 2.45) is 0 Å². The highest BCUT2D eigenvalue weighted by molar-refractivity contribution is 6.46. The number of methoxy groups -OCH3 is 3. The summed E-state index contributed by atoms with van der Waals surface area (Å²) in [5, 5.41) is 3.16. The van der Waals surface area contributed by atoms with E-state index in [2.05, 4.69) is 5.32 Å². The van der Waals surface area contributed by atoms with Crippen LogP contribution in [0.5, 0.6) is 17.2 Å². The van der Waals surface area contributed by atoms with Crippen LogP contribution in [0.2, 0.25) is 0 Å². The van der Waals surface area contributed by atoms with Crippen LogP contribution in [-0.4, -0.2) is 33.1 Å². The second kappa shape index (κ2) is 9.31. The van der Waals surface area contributed by atoms with Crippen molar-refractivity contribution in [3.63, 3.8) is 0 Å². The molecule has 1 aliphatic rings. The minimum absolute atomic E-state index is 0.184. The molecule has 174 valence electrons. The van der Waals surface area contributed by atoms with E-state index >= 15 is 0 Å². The van der Waals surface area contributed by atoms with Crippen molar-refractivity contribution in [2.75, 3.05) is 31.5 Å². The molecule has 7 nitrogen and oxygen atoms in total. The molecule has 3 aromatic carbocycles. The molecule has 1 N–H and O–H groups in total. The summed E-state index contributed by atoms with van der Waals surface area (Å²) in [6.07, 6.45) is 0. The second-order valence-electron chi connectivity index (χ2n) is 7.91. The third kappa shape index (κ3) is 4.08. The molecule has 0 saturated heterocycles. The van der Waals surface area contributed by atoms with Crippen molar-refractivity contribution in [1.29, 1.82) is 0 Å². The zero-order valence-electron chi connectivity index (χ0n) is 19.8. The molecular weight excluding hydrogens is 432 g/mol. The van der Waals surface area contributed by atoms with Gasteiger partial charge in [0.2, 0.25) is 0 Å². The number of ether oxygens (including phenoxy) is 3. The molecule has 0 aliphatic carbocycles. The minimum atomic E-state index is -0.431. The molecule has 0 bridgehead atoms. The highest BCUT2D eigenvalue weighted by Crippen LogP contribution is 2.37. The lowest BCUT2D eigenvalue weighted by Crippen LogP contribution is -2.33. The Bertz CT molecular complexity index is 1290. The predicted molar refractivity (Wildman–Crippen MR) is 131 cm³/mol. The molecule has 4 rings (SSSR count). The highest BCUT2D eigenvalue weighted by atomic mass is 16.5. The molecule has 0 atom stereocenters. The second-order valence-corrected chi connectivity index (χ2v) is 7.91. The standard InChI is InChI=1S/C27H26N2O5/c1-16-6-7-17(2)21(14-16)29-26(30)24(18-8-11-20(32-3)12-9-18)25(27(29)31)28-19-10-13-22(33-4)23(15-19)34-5/h6-15,28H,1-5H3. The van der Waals surface area contributed by atoms with Crippen molar-refractivity contribution < 1.29 is 23.8 Å². The Morgan fingerprint density at radius 1 is 0.735 bits per heavy atom. The normalized spacial score (nSPS) is 13.4. The topological polar surface area (TPSA) is 77.1 Å². The number of nitrogens with one attached hydrogen (secondary N) is 1. The number of anilines is 2. The molecule has 0 unspecified atom stereocenters. The molecular formula is C27H26N2O5. The van der Waals surface area contributed by atoms with Crippen LogP contribution in [-0.2, 0) is 9.59 Å². The molecule has 0 radical (unpaired) electrons. The van der Waals surface area contributed by atoms with E-state index in [9.17, 15) is 9.59 Å². The first-order valence-corrected chi connectivity index (χ1v) is 10.7. The quantitative estimate of drug-likeness (QED) is 0.516. The number of benzene rings is 3. The van der Waals surface area contributed by atoms with Gasteiger partial charge in [0.1, 0.15) is 11.4 Å². The van der Waals surface area contributed by atoms with Gasteiger partial charge in [-0.3, -0.25) is 9.59 Å². The molecule has 0 spiro atoms. The van der Waals surface area contributed by atoms with E-state index in [0.29, 0.717) is 34.2 Å². The fourth-order valence-electron chi connectivity index (χ4n) is 3.91. The number of nitrogens with zero attached hydrogens (tertiary/aromatic N) is 1. The number of rotatable bonds is 7. The van der Waals surface area contributed by atoms with E-state index < -0.39 is 11.8 Å². The van der Waals surface area contributed by atoms with Gasteiger partial charge in [0.25, 0.3) is 11.8 Å². The van der Waals surface area contributed by atoms with Crippen LogP contribution in [0.25, 0.3) is 5.57 Å². The van der Waals surface area contributed by atoms with E-state index in [4.69, 9.17) is 14.2 Å². The Morgan fingerprint density at radius 3 is 2.09 bits per heavy atom. The summed E-state index contributed by atoms with van der Waals surface area (Å²) < 4.78 is 15.9. The van der Waals surface area contributed by atoms with Crippen LogP contribution in [0.3, 0.4) is 0 Å². The zero-order chi connectivity index (χ0) is 24.4. The number of aryl methyl sites for hydroxylation is 2. The smallest absolute Gasteiger partial charge is 0.282 e. The highest BCUT2D eigenvalue weighted by Gasteiger charge is 2.41. The fourth-order valence-corrected chi connectivity index (χ4v) is 3.91. The third-order valence-corrected chi connectivity index (χ3v) is 5.72. The van der Waals surface area contributed by atoms with E-state index in [1.165, 1.54) is 12.0 Å². The molecule has 3 aromatic rings. The molecule has 1 heterocycles. The Kier molecular flexibility index (Phi) is 6.27. The first kappa shape index (κ1) is 22.9. The van der Waals surface area contributed by atoms with Gasteiger partial charge < -0.3 is 19.5 Å². The summed E-state index contributed by atoms with van der Waals surface area (Å²) in [6, 6.07) is 18.0. The van der Waals surface area contributed by atoms with Crippen LogP contribution >= 0.6 is 0 Å². The van der Waals surface area contributed by atoms with Crippen LogP contribution in [0.4, 0.5) is 11.4 Å². The van der Waals surface area contributed by atoms with Gasteiger partial charge >= 0.3 is 0 Å².